The summed E-state index contributed by atoms with van der Waals surface area (Å²) in [7, 11) is 5.89. The Hall–Kier alpha value is -7.07. The number of ether oxygens (including phenoxy) is 8. The van der Waals surface area contributed by atoms with E-state index in [2.05, 4.69) is 47.1 Å². The number of amides is 1. The Balaban J connectivity index is 1.84. The molecule has 1 amide bonds. The van der Waals surface area contributed by atoms with Crippen molar-refractivity contribution in [1.82, 2.24) is 15.3 Å². The van der Waals surface area contributed by atoms with E-state index < -0.39 is 88.3 Å². The number of esters is 8. The molecule has 1 aliphatic rings. The van der Waals surface area contributed by atoms with Crippen LogP contribution in [0.5, 0.6) is 0 Å². The molecule has 3 N–H and O–H groups in total. The average molecular weight is 1170 g/mol. The van der Waals surface area contributed by atoms with Gasteiger partial charge in [-0.1, -0.05) is 92.5 Å². The number of rotatable bonds is 27. The summed E-state index contributed by atoms with van der Waals surface area (Å²) in [6.45, 7) is 1.33. The number of hydrogen-bond acceptors (Lipinski definition) is 17. The first kappa shape index (κ1) is 58.8. The molecule has 0 bridgehead atoms. The quantitative estimate of drug-likeness (QED) is 0.0340. The van der Waals surface area contributed by atoms with Gasteiger partial charge in [0.2, 0.25) is 5.91 Å². The van der Waals surface area contributed by atoms with Crippen LogP contribution in [-0.2, 0) is 117 Å². The first-order valence-electron chi connectivity index (χ1n) is 23.6. The lowest BCUT2D eigenvalue weighted by atomic mass is 9.77. The molecule has 5 rings (SSSR count). The molecule has 0 fully saturated rings. The number of carbonyl (C=O) groups excluding carboxylic acids is 9. The monoisotopic (exact) mass is 1170 g/mol. The molecule has 0 radical (unpaired) electrons. The average Bonchev–Trinajstić information content (AvgIpc) is 4.01. The first-order valence-corrected chi connectivity index (χ1v) is 25.4. The molecule has 0 saturated carbocycles. The number of aromatic amines is 2. The highest BCUT2D eigenvalue weighted by atomic mass is 79.9. The molecule has 0 saturated heterocycles. The second kappa shape index (κ2) is 28.0. The predicted octanol–water partition coefficient (Wildman–Crippen LogP) is 6.21. The van der Waals surface area contributed by atoms with Crippen molar-refractivity contribution in [2.24, 2.45) is 0 Å². The number of hydrogen-bond donors (Lipinski definition) is 3. The highest BCUT2D eigenvalue weighted by Crippen LogP contribution is 2.41. The van der Waals surface area contributed by atoms with Crippen molar-refractivity contribution in [1.29, 1.82) is 0 Å². The zero-order chi connectivity index (χ0) is 54.8. The minimum atomic E-state index is -1.83. The second-order valence-corrected chi connectivity index (χ2v) is 20.7. The third-order valence-corrected chi connectivity index (χ3v) is 13.0. The van der Waals surface area contributed by atoms with E-state index in [1.807, 2.05) is 0 Å². The molecule has 402 valence electrons. The maximum absolute atomic E-state index is 14.8. The van der Waals surface area contributed by atoms with Crippen LogP contribution in [0.2, 0.25) is 0 Å². The van der Waals surface area contributed by atoms with Gasteiger partial charge in [-0.2, -0.15) is 0 Å². The van der Waals surface area contributed by atoms with Gasteiger partial charge in [0.15, 0.2) is 0 Å². The maximum Gasteiger partial charge on any atom is 0.355 e. The number of H-pyrrole nitrogens is 2. The van der Waals surface area contributed by atoms with Crippen molar-refractivity contribution in [3.63, 3.8) is 0 Å². The molecule has 75 heavy (non-hydrogen) atoms. The third kappa shape index (κ3) is 16.0. The second-order valence-electron chi connectivity index (χ2n) is 17.2. The summed E-state index contributed by atoms with van der Waals surface area (Å²) in [4.78, 5) is 129. The van der Waals surface area contributed by atoms with Gasteiger partial charge in [-0.05, 0) is 65.1 Å². The van der Waals surface area contributed by atoms with E-state index in [0.29, 0.717) is 11.1 Å². The Bertz CT molecular complexity index is 2770. The minimum Gasteiger partial charge on any atom is -0.469 e. The summed E-state index contributed by atoms with van der Waals surface area (Å²) in [5.41, 5.74) is 0.287. The third-order valence-electron chi connectivity index (χ3n) is 12.5. The van der Waals surface area contributed by atoms with Crippen molar-refractivity contribution in [3.05, 3.63) is 128 Å². The van der Waals surface area contributed by atoms with E-state index in [4.69, 9.17) is 37.9 Å². The summed E-state index contributed by atoms with van der Waals surface area (Å²) in [6.07, 6.45) is -4.44. The number of halogens is 2. The number of nitrogens with one attached hydrogen (secondary N) is 3. The van der Waals surface area contributed by atoms with Crippen LogP contribution in [0.3, 0.4) is 0 Å². The van der Waals surface area contributed by atoms with Gasteiger partial charge in [-0.15, -0.1) is 0 Å². The largest absolute Gasteiger partial charge is 0.469 e. The molecule has 2 aromatic heterocycles. The van der Waals surface area contributed by atoms with E-state index in [9.17, 15) is 43.2 Å². The molecule has 20 nitrogen and oxygen atoms in total. The van der Waals surface area contributed by atoms with Crippen molar-refractivity contribution in [2.75, 3.05) is 42.2 Å². The summed E-state index contributed by atoms with van der Waals surface area (Å²) in [5, 5.41) is 3.08. The molecule has 2 atom stereocenters. The zero-order valence-electron chi connectivity index (χ0n) is 42.3. The van der Waals surface area contributed by atoms with E-state index in [1.54, 1.807) is 67.6 Å². The lowest BCUT2D eigenvalue weighted by Crippen LogP contribution is -2.49. The topological polar surface area (TPSA) is 271 Å². The van der Waals surface area contributed by atoms with Crippen LogP contribution in [0, 0.1) is 0 Å². The van der Waals surface area contributed by atoms with Gasteiger partial charge < -0.3 is 53.2 Å². The Morgan fingerprint density at radius 3 is 1.59 bits per heavy atom. The summed E-state index contributed by atoms with van der Waals surface area (Å²) in [5.74, 6) is -6.76. The SMILES string of the molecule is COC(=O)CCC1=C(CC(=O)O[C@@H](C)c2ccccc2)C(Cc2[nH]c(C(=O)OCC(Br)Br)c(CCC(=O)OC)c2CC(=O)OC)(Cc2[nH]c(C(=O)OCc3ccccc3)c(CC(=O)OC)c2CCC(=O)OC)NC1=O. The lowest BCUT2D eigenvalue weighted by molar-refractivity contribution is -0.148. The van der Waals surface area contributed by atoms with Crippen LogP contribution >= 0.6 is 31.9 Å². The van der Waals surface area contributed by atoms with Crippen LogP contribution in [0.15, 0.2) is 71.8 Å². The molecule has 2 aromatic carbocycles. The fourth-order valence-corrected chi connectivity index (χ4v) is 9.07. The van der Waals surface area contributed by atoms with Crippen LogP contribution < -0.4 is 5.32 Å². The van der Waals surface area contributed by atoms with Crippen LogP contribution in [0.25, 0.3) is 0 Å². The Morgan fingerprint density at radius 1 is 0.560 bits per heavy atom. The standard InChI is InChI=1S/C53H59Br2N3O17/c1-30(32-15-11-8-12-16-32)75-47(64)25-38-35(19-22-44(61)70-4)50(65)58-53(38,27-40-36(23-45(62)71-5)34(18-21-43(60)69-3)48(57-40)51(66)74-29-41(54)55)26-39-33(17-20-42(59)68-2)37(24-46(63)72-6)49(56-39)52(67)73-28-31-13-9-7-10-14-31/h7-16,30,41,56-57H,17-29H2,1-6H3,(H,58,65)/t30-,53?/m0/s1. The van der Waals surface area contributed by atoms with Crippen LogP contribution in [0.1, 0.15) is 111 Å². The van der Waals surface area contributed by atoms with E-state index in [-0.39, 0.29) is 121 Å². The summed E-state index contributed by atoms with van der Waals surface area (Å²) in [6, 6.07) is 17.7. The molecule has 3 heterocycles. The van der Waals surface area contributed by atoms with Gasteiger partial charge in [0.25, 0.3) is 0 Å². The number of benzene rings is 2. The summed E-state index contributed by atoms with van der Waals surface area (Å²) >= 11 is 6.59. The summed E-state index contributed by atoms with van der Waals surface area (Å²) < 4.78 is 41.9. The van der Waals surface area contributed by atoms with Gasteiger partial charge in [0.1, 0.15) is 34.4 Å². The first-order chi connectivity index (χ1) is 35.9. The highest BCUT2D eigenvalue weighted by molar-refractivity contribution is 9.24. The Kier molecular flexibility index (Phi) is 22.0. The van der Waals surface area contributed by atoms with Crippen molar-refractivity contribution in [3.8, 4) is 0 Å². The van der Waals surface area contributed by atoms with E-state index in [1.165, 1.54) is 21.3 Å². The number of aromatic nitrogens is 2. The van der Waals surface area contributed by atoms with Gasteiger partial charge in [0.05, 0.1) is 60.4 Å². The van der Waals surface area contributed by atoms with Crippen LogP contribution in [-0.4, -0.2) is 115 Å². The predicted molar refractivity (Wildman–Crippen MR) is 273 cm³/mol. The molecule has 0 spiro atoms. The molecule has 1 unspecified atom stereocenters. The van der Waals surface area contributed by atoms with Gasteiger partial charge in [0, 0.05) is 49.1 Å². The molecule has 0 aliphatic carbocycles. The molecular weight excluding hydrogens is 1110 g/mol. The van der Waals surface area contributed by atoms with Gasteiger partial charge in [-0.3, -0.25) is 33.6 Å². The molecule has 22 heteroatoms. The molecule has 4 aromatic rings. The smallest absolute Gasteiger partial charge is 0.355 e. The van der Waals surface area contributed by atoms with Gasteiger partial charge >= 0.3 is 47.8 Å². The van der Waals surface area contributed by atoms with E-state index in [0.717, 1.165) is 14.2 Å². The number of alkyl halides is 2. The van der Waals surface area contributed by atoms with Crippen molar-refractivity contribution in [2.45, 2.75) is 99.5 Å². The minimum absolute atomic E-state index is 0.00281. The molecular formula is C53H59Br2N3O17. The van der Waals surface area contributed by atoms with Crippen molar-refractivity contribution >= 4 is 85.5 Å². The number of methoxy groups -OCH3 is 5. The van der Waals surface area contributed by atoms with Crippen LogP contribution in [0.4, 0.5) is 0 Å². The highest BCUT2D eigenvalue weighted by Gasteiger charge is 2.48. The Labute approximate surface area is 449 Å². The number of carbonyl (C=O) groups is 9. The zero-order valence-corrected chi connectivity index (χ0v) is 45.5. The Morgan fingerprint density at radius 2 is 1.04 bits per heavy atom. The normalized spacial score (nSPS) is 14.4. The lowest BCUT2D eigenvalue weighted by Gasteiger charge is -2.33. The maximum atomic E-state index is 14.8. The molecule has 1 aliphatic heterocycles. The van der Waals surface area contributed by atoms with E-state index >= 15 is 0 Å². The fourth-order valence-electron chi connectivity index (χ4n) is 8.81. The van der Waals surface area contributed by atoms with Gasteiger partial charge in [-0.25, -0.2) is 9.59 Å². The van der Waals surface area contributed by atoms with Crippen molar-refractivity contribution < 1.29 is 81.0 Å². The fraction of sp³-hybridized carbons (Fsp3) is 0.415.